The van der Waals surface area contributed by atoms with E-state index in [1.165, 1.54) is 17.4 Å². The standard InChI is InChI=1S/C14H16F4N2O/c15-12(20-13(21)14(16,17)18)11-3-1-2-10(8-11)9-4-6-19-7-5-9/h1-3,8-9,12,19H,4-7H2,(H,20,21). The number of hydrogen-bond acceptors (Lipinski definition) is 2. The summed E-state index contributed by atoms with van der Waals surface area (Å²) in [6, 6.07) is 6.32. The predicted octanol–water partition coefficient (Wildman–Crippen LogP) is 2.80. The van der Waals surface area contributed by atoms with Crippen molar-refractivity contribution in [2.75, 3.05) is 13.1 Å². The lowest BCUT2D eigenvalue weighted by Crippen LogP contribution is -2.37. The van der Waals surface area contributed by atoms with Crippen LogP contribution in [0.15, 0.2) is 24.3 Å². The quantitative estimate of drug-likeness (QED) is 0.666. The maximum absolute atomic E-state index is 13.8. The molecule has 0 aromatic heterocycles. The zero-order valence-corrected chi connectivity index (χ0v) is 11.2. The van der Waals surface area contributed by atoms with Crippen LogP contribution in [0.1, 0.15) is 36.2 Å². The van der Waals surface area contributed by atoms with E-state index >= 15 is 0 Å². The molecule has 0 bridgehead atoms. The summed E-state index contributed by atoms with van der Waals surface area (Å²) >= 11 is 0. The number of amides is 1. The number of benzene rings is 1. The molecule has 1 amide bonds. The Morgan fingerprint density at radius 3 is 2.57 bits per heavy atom. The third-order valence-electron chi connectivity index (χ3n) is 3.53. The van der Waals surface area contributed by atoms with Gasteiger partial charge in [-0.05, 0) is 37.4 Å². The smallest absolute Gasteiger partial charge is 0.317 e. The Labute approximate surface area is 119 Å². The fourth-order valence-electron chi connectivity index (χ4n) is 2.41. The van der Waals surface area contributed by atoms with Gasteiger partial charge in [0, 0.05) is 5.56 Å². The number of carbonyl (C=O) groups excluding carboxylic acids is 1. The molecular formula is C14H16F4N2O. The van der Waals surface area contributed by atoms with Crippen LogP contribution in [-0.2, 0) is 4.79 Å². The molecule has 21 heavy (non-hydrogen) atoms. The second kappa shape index (κ2) is 6.43. The van der Waals surface area contributed by atoms with Crippen molar-refractivity contribution < 1.29 is 22.4 Å². The Balaban J connectivity index is 2.07. The van der Waals surface area contributed by atoms with Gasteiger partial charge in [0.25, 0.3) is 0 Å². The van der Waals surface area contributed by atoms with E-state index < -0.39 is 18.4 Å². The van der Waals surface area contributed by atoms with Crippen molar-refractivity contribution in [1.29, 1.82) is 0 Å². The molecule has 0 saturated carbocycles. The third kappa shape index (κ3) is 4.17. The van der Waals surface area contributed by atoms with E-state index in [4.69, 9.17) is 0 Å². The maximum Gasteiger partial charge on any atom is 0.471 e. The monoisotopic (exact) mass is 304 g/mol. The molecule has 1 unspecified atom stereocenters. The highest BCUT2D eigenvalue weighted by atomic mass is 19.4. The Hall–Kier alpha value is -1.63. The summed E-state index contributed by atoms with van der Waals surface area (Å²) in [5.41, 5.74) is 0.918. The van der Waals surface area contributed by atoms with Gasteiger partial charge in [0.05, 0.1) is 0 Å². The van der Waals surface area contributed by atoms with Gasteiger partial charge in [-0.2, -0.15) is 13.2 Å². The zero-order chi connectivity index (χ0) is 15.5. The van der Waals surface area contributed by atoms with Gasteiger partial charge in [-0.15, -0.1) is 0 Å². The highest BCUT2D eigenvalue weighted by molar-refractivity contribution is 5.81. The first kappa shape index (κ1) is 15.8. The second-order valence-electron chi connectivity index (χ2n) is 5.03. The molecule has 2 rings (SSSR count). The lowest BCUT2D eigenvalue weighted by Gasteiger charge is -2.23. The Morgan fingerprint density at radius 1 is 1.29 bits per heavy atom. The zero-order valence-electron chi connectivity index (χ0n) is 11.2. The van der Waals surface area contributed by atoms with E-state index in [0.29, 0.717) is 0 Å². The molecule has 1 heterocycles. The average Bonchev–Trinajstić information content (AvgIpc) is 2.47. The van der Waals surface area contributed by atoms with Gasteiger partial charge in [0.1, 0.15) is 0 Å². The molecule has 1 aliphatic rings. The van der Waals surface area contributed by atoms with Gasteiger partial charge in [-0.3, -0.25) is 4.79 Å². The van der Waals surface area contributed by atoms with Crippen molar-refractivity contribution in [3.8, 4) is 0 Å². The summed E-state index contributed by atoms with van der Waals surface area (Å²) in [6.07, 6.45) is -5.46. The second-order valence-corrected chi connectivity index (χ2v) is 5.03. The molecule has 0 spiro atoms. The molecule has 1 aliphatic heterocycles. The molecule has 1 saturated heterocycles. The average molecular weight is 304 g/mol. The molecule has 116 valence electrons. The van der Waals surface area contributed by atoms with E-state index in [1.807, 2.05) is 6.07 Å². The minimum Gasteiger partial charge on any atom is -0.317 e. The number of hydrogen-bond donors (Lipinski definition) is 2. The van der Waals surface area contributed by atoms with E-state index in [9.17, 15) is 22.4 Å². The fraction of sp³-hybridized carbons (Fsp3) is 0.500. The minimum atomic E-state index is -5.09. The number of rotatable bonds is 3. The normalized spacial score (nSPS) is 18.3. The number of piperidine rings is 1. The Bertz CT molecular complexity index is 498. The van der Waals surface area contributed by atoms with Gasteiger partial charge in [-0.25, -0.2) is 4.39 Å². The van der Waals surface area contributed by atoms with E-state index in [0.717, 1.165) is 31.5 Å². The molecule has 7 heteroatoms. The third-order valence-corrected chi connectivity index (χ3v) is 3.53. The topological polar surface area (TPSA) is 41.1 Å². The summed E-state index contributed by atoms with van der Waals surface area (Å²) in [7, 11) is 0. The van der Waals surface area contributed by atoms with Crippen LogP contribution < -0.4 is 10.6 Å². The molecule has 3 nitrogen and oxygen atoms in total. The van der Waals surface area contributed by atoms with Crippen LogP contribution in [0, 0.1) is 0 Å². The first-order chi connectivity index (χ1) is 9.88. The van der Waals surface area contributed by atoms with Crippen LogP contribution in [0.4, 0.5) is 17.6 Å². The van der Waals surface area contributed by atoms with Crippen LogP contribution >= 0.6 is 0 Å². The predicted molar refractivity (Wildman–Crippen MR) is 69.3 cm³/mol. The van der Waals surface area contributed by atoms with Gasteiger partial charge in [0.15, 0.2) is 6.30 Å². The van der Waals surface area contributed by atoms with Crippen LogP contribution in [0.5, 0.6) is 0 Å². The van der Waals surface area contributed by atoms with E-state index in [-0.39, 0.29) is 11.5 Å². The summed E-state index contributed by atoms with van der Waals surface area (Å²) in [5.74, 6) is -2.01. The SMILES string of the molecule is O=C(NC(F)c1cccc(C2CCNCC2)c1)C(F)(F)F. The van der Waals surface area contributed by atoms with Gasteiger partial charge in [0.2, 0.25) is 0 Å². The van der Waals surface area contributed by atoms with Crippen molar-refractivity contribution in [3.05, 3.63) is 35.4 Å². The van der Waals surface area contributed by atoms with Crippen molar-refractivity contribution in [1.82, 2.24) is 10.6 Å². The minimum absolute atomic E-state index is 0.0311. The summed E-state index contributed by atoms with van der Waals surface area (Å²) < 4.78 is 50.1. The molecule has 1 fully saturated rings. The Morgan fingerprint density at radius 2 is 1.95 bits per heavy atom. The maximum atomic E-state index is 13.8. The first-order valence-corrected chi connectivity index (χ1v) is 6.70. The molecular weight excluding hydrogens is 288 g/mol. The number of nitrogens with one attached hydrogen (secondary N) is 2. The van der Waals surface area contributed by atoms with Crippen molar-refractivity contribution in [2.45, 2.75) is 31.2 Å². The summed E-state index contributed by atoms with van der Waals surface area (Å²) in [6.45, 7) is 1.72. The lowest BCUT2D eigenvalue weighted by molar-refractivity contribution is -0.175. The number of alkyl halides is 4. The largest absolute Gasteiger partial charge is 0.471 e. The van der Waals surface area contributed by atoms with Gasteiger partial charge in [-0.1, -0.05) is 24.3 Å². The molecule has 1 aromatic carbocycles. The molecule has 1 aromatic rings. The number of halogens is 4. The van der Waals surface area contributed by atoms with Gasteiger partial charge < -0.3 is 10.6 Å². The highest BCUT2D eigenvalue weighted by Gasteiger charge is 2.40. The fourth-order valence-corrected chi connectivity index (χ4v) is 2.41. The summed E-state index contributed by atoms with van der Waals surface area (Å²) in [5, 5.41) is 4.53. The molecule has 2 N–H and O–H groups in total. The Kier molecular flexibility index (Phi) is 4.82. The summed E-state index contributed by atoms with van der Waals surface area (Å²) in [4.78, 5) is 10.8. The van der Waals surface area contributed by atoms with Crippen LogP contribution in [-0.4, -0.2) is 25.2 Å². The number of carbonyl (C=O) groups is 1. The van der Waals surface area contributed by atoms with Crippen LogP contribution in [0.2, 0.25) is 0 Å². The van der Waals surface area contributed by atoms with E-state index in [2.05, 4.69) is 5.32 Å². The van der Waals surface area contributed by atoms with Crippen molar-refractivity contribution >= 4 is 5.91 Å². The van der Waals surface area contributed by atoms with Crippen molar-refractivity contribution in [3.63, 3.8) is 0 Å². The first-order valence-electron chi connectivity index (χ1n) is 6.70. The van der Waals surface area contributed by atoms with Crippen molar-refractivity contribution in [2.24, 2.45) is 0 Å². The van der Waals surface area contributed by atoms with Crippen LogP contribution in [0.25, 0.3) is 0 Å². The van der Waals surface area contributed by atoms with Gasteiger partial charge >= 0.3 is 12.1 Å². The lowest BCUT2D eigenvalue weighted by atomic mass is 9.89. The molecule has 0 aliphatic carbocycles. The molecule has 1 atom stereocenters. The van der Waals surface area contributed by atoms with Crippen LogP contribution in [0.3, 0.4) is 0 Å². The molecule has 0 radical (unpaired) electrons. The van der Waals surface area contributed by atoms with E-state index in [1.54, 1.807) is 6.07 Å². The highest BCUT2D eigenvalue weighted by Crippen LogP contribution is 2.28.